The van der Waals surface area contributed by atoms with Crippen LogP contribution in [0.3, 0.4) is 0 Å². The van der Waals surface area contributed by atoms with Crippen LogP contribution < -0.4 is 4.90 Å². The van der Waals surface area contributed by atoms with E-state index in [9.17, 15) is 9.18 Å². The van der Waals surface area contributed by atoms with E-state index in [1.165, 1.54) is 25.0 Å². The maximum atomic E-state index is 13.2. The minimum atomic E-state index is -0.343. The molecule has 2 nitrogen and oxygen atoms in total. The Labute approximate surface area is 108 Å². The number of hydrogen-bond acceptors (Lipinski definition) is 2. The zero-order valence-corrected chi connectivity index (χ0v) is 10.9. The van der Waals surface area contributed by atoms with Crippen LogP contribution in [0.25, 0.3) is 0 Å². The molecule has 0 spiro atoms. The van der Waals surface area contributed by atoms with E-state index in [0.29, 0.717) is 11.6 Å². The molecule has 1 aromatic rings. The highest BCUT2D eigenvalue weighted by Crippen LogP contribution is 2.29. The molecule has 1 unspecified atom stereocenters. The Morgan fingerprint density at radius 2 is 2.28 bits per heavy atom. The summed E-state index contributed by atoms with van der Waals surface area (Å²) < 4.78 is 13.2. The molecule has 18 heavy (non-hydrogen) atoms. The van der Waals surface area contributed by atoms with E-state index < -0.39 is 0 Å². The van der Waals surface area contributed by atoms with Crippen LogP contribution in [0.15, 0.2) is 18.2 Å². The smallest absolute Gasteiger partial charge is 0.152 e. The second kappa shape index (κ2) is 5.98. The topological polar surface area (TPSA) is 20.3 Å². The molecule has 0 radical (unpaired) electrons. The zero-order valence-electron chi connectivity index (χ0n) is 10.9. The van der Waals surface area contributed by atoms with Crippen LogP contribution in [-0.2, 0) is 0 Å². The van der Waals surface area contributed by atoms with E-state index in [1.54, 1.807) is 6.07 Å². The number of halogens is 1. The zero-order chi connectivity index (χ0) is 13.0. The lowest BCUT2D eigenvalue weighted by Crippen LogP contribution is -2.40. The predicted molar refractivity (Wildman–Crippen MR) is 71.7 cm³/mol. The Morgan fingerprint density at radius 3 is 3.00 bits per heavy atom. The highest BCUT2D eigenvalue weighted by atomic mass is 19.1. The molecule has 0 saturated carbocycles. The van der Waals surface area contributed by atoms with E-state index in [1.807, 2.05) is 0 Å². The summed E-state index contributed by atoms with van der Waals surface area (Å²) in [5, 5.41) is 0. The van der Waals surface area contributed by atoms with E-state index in [2.05, 4.69) is 11.8 Å². The SMILES string of the molecule is CCCC1CCCCN1c1ccc(F)cc1C=O. The van der Waals surface area contributed by atoms with Gasteiger partial charge in [0.15, 0.2) is 6.29 Å². The molecule has 0 aromatic heterocycles. The quantitative estimate of drug-likeness (QED) is 0.756. The molecule has 2 rings (SSSR count). The van der Waals surface area contributed by atoms with Gasteiger partial charge in [-0.2, -0.15) is 0 Å². The van der Waals surface area contributed by atoms with Crippen molar-refractivity contribution in [3.05, 3.63) is 29.6 Å². The normalized spacial score (nSPS) is 19.9. The maximum absolute atomic E-state index is 13.2. The monoisotopic (exact) mass is 249 g/mol. The lowest BCUT2D eigenvalue weighted by Gasteiger charge is -2.38. The van der Waals surface area contributed by atoms with Gasteiger partial charge >= 0.3 is 0 Å². The van der Waals surface area contributed by atoms with Crippen LogP contribution in [0.1, 0.15) is 49.4 Å². The van der Waals surface area contributed by atoms with Crippen molar-refractivity contribution in [2.24, 2.45) is 0 Å². The lowest BCUT2D eigenvalue weighted by molar-refractivity contribution is 0.112. The number of hydrogen-bond donors (Lipinski definition) is 0. The van der Waals surface area contributed by atoms with Gasteiger partial charge in [0.25, 0.3) is 0 Å². The molecule has 3 heteroatoms. The van der Waals surface area contributed by atoms with Crippen molar-refractivity contribution in [2.75, 3.05) is 11.4 Å². The first-order chi connectivity index (χ1) is 8.76. The molecular weight excluding hydrogens is 229 g/mol. The van der Waals surface area contributed by atoms with Crippen LogP contribution in [0.4, 0.5) is 10.1 Å². The highest BCUT2D eigenvalue weighted by Gasteiger charge is 2.23. The average molecular weight is 249 g/mol. The van der Waals surface area contributed by atoms with Crippen molar-refractivity contribution in [2.45, 2.75) is 45.1 Å². The Bertz CT molecular complexity index is 417. The molecule has 0 aliphatic carbocycles. The van der Waals surface area contributed by atoms with E-state index in [0.717, 1.165) is 37.8 Å². The van der Waals surface area contributed by atoms with Crippen molar-refractivity contribution in [3.63, 3.8) is 0 Å². The molecule has 1 aliphatic rings. The first-order valence-corrected chi connectivity index (χ1v) is 6.77. The fraction of sp³-hybridized carbons (Fsp3) is 0.533. The molecule has 1 saturated heterocycles. The number of rotatable bonds is 4. The minimum Gasteiger partial charge on any atom is -0.368 e. The van der Waals surface area contributed by atoms with Gasteiger partial charge in [0.1, 0.15) is 5.82 Å². The Balaban J connectivity index is 2.30. The number of carbonyl (C=O) groups excluding carboxylic acids is 1. The van der Waals surface area contributed by atoms with Crippen LogP contribution in [0.2, 0.25) is 0 Å². The van der Waals surface area contributed by atoms with Crippen LogP contribution in [0, 0.1) is 5.82 Å². The summed E-state index contributed by atoms with van der Waals surface area (Å²) in [6, 6.07) is 5.01. The summed E-state index contributed by atoms with van der Waals surface area (Å²) in [4.78, 5) is 13.4. The van der Waals surface area contributed by atoms with Crippen LogP contribution >= 0.6 is 0 Å². The van der Waals surface area contributed by atoms with Gasteiger partial charge < -0.3 is 4.90 Å². The first kappa shape index (κ1) is 13.1. The Kier molecular flexibility index (Phi) is 4.34. The van der Waals surface area contributed by atoms with E-state index in [4.69, 9.17) is 0 Å². The van der Waals surface area contributed by atoms with Crippen LogP contribution in [0.5, 0.6) is 0 Å². The Morgan fingerprint density at radius 1 is 1.44 bits per heavy atom. The standard InChI is InChI=1S/C15H20FNO/c1-2-5-14-6-3-4-9-17(14)15-8-7-13(16)10-12(15)11-18/h7-8,10-11,14H,2-6,9H2,1H3. The molecule has 1 heterocycles. The predicted octanol–water partition coefficient (Wildman–Crippen LogP) is 3.80. The highest BCUT2D eigenvalue weighted by molar-refractivity contribution is 5.84. The third-order valence-corrected chi connectivity index (χ3v) is 3.68. The largest absolute Gasteiger partial charge is 0.368 e. The fourth-order valence-corrected chi connectivity index (χ4v) is 2.83. The molecule has 1 aliphatic heterocycles. The molecule has 98 valence electrons. The van der Waals surface area contributed by atoms with Crippen molar-refractivity contribution < 1.29 is 9.18 Å². The van der Waals surface area contributed by atoms with Crippen LogP contribution in [-0.4, -0.2) is 18.9 Å². The molecule has 1 fully saturated rings. The van der Waals surface area contributed by atoms with Crippen molar-refractivity contribution in [1.29, 1.82) is 0 Å². The summed E-state index contributed by atoms with van der Waals surface area (Å²) in [6.07, 6.45) is 6.60. The van der Waals surface area contributed by atoms with Gasteiger partial charge in [-0.1, -0.05) is 13.3 Å². The van der Waals surface area contributed by atoms with E-state index >= 15 is 0 Å². The molecule has 1 atom stereocenters. The number of aldehydes is 1. The van der Waals surface area contributed by atoms with Gasteiger partial charge in [-0.25, -0.2) is 4.39 Å². The number of carbonyl (C=O) groups is 1. The summed E-state index contributed by atoms with van der Waals surface area (Å²) >= 11 is 0. The Hall–Kier alpha value is -1.38. The molecule has 0 amide bonds. The summed E-state index contributed by atoms with van der Waals surface area (Å²) in [5.41, 5.74) is 1.36. The van der Waals surface area contributed by atoms with Gasteiger partial charge in [-0.3, -0.25) is 4.79 Å². The minimum absolute atomic E-state index is 0.343. The third kappa shape index (κ3) is 2.71. The number of anilines is 1. The summed E-state index contributed by atoms with van der Waals surface area (Å²) in [7, 11) is 0. The molecule has 0 bridgehead atoms. The second-order valence-electron chi connectivity index (χ2n) is 4.95. The van der Waals surface area contributed by atoms with Crippen molar-refractivity contribution in [3.8, 4) is 0 Å². The van der Waals surface area contributed by atoms with Gasteiger partial charge in [0, 0.05) is 23.8 Å². The van der Waals surface area contributed by atoms with Crippen molar-refractivity contribution in [1.82, 2.24) is 0 Å². The number of benzene rings is 1. The van der Waals surface area contributed by atoms with Gasteiger partial charge in [-0.15, -0.1) is 0 Å². The maximum Gasteiger partial charge on any atom is 0.152 e. The van der Waals surface area contributed by atoms with Crippen molar-refractivity contribution >= 4 is 12.0 Å². The fourth-order valence-electron chi connectivity index (χ4n) is 2.83. The van der Waals surface area contributed by atoms with Gasteiger partial charge in [-0.05, 0) is 43.9 Å². The van der Waals surface area contributed by atoms with E-state index in [-0.39, 0.29) is 5.82 Å². The molecular formula is C15H20FNO. The number of nitrogens with zero attached hydrogens (tertiary/aromatic N) is 1. The van der Waals surface area contributed by atoms with Gasteiger partial charge in [0.2, 0.25) is 0 Å². The molecule has 1 aromatic carbocycles. The van der Waals surface area contributed by atoms with Gasteiger partial charge in [0.05, 0.1) is 0 Å². The lowest BCUT2D eigenvalue weighted by atomic mass is 9.96. The summed E-state index contributed by atoms with van der Waals surface area (Å²) in [6.45, 7) is 3.15. The first-order valence-electron chi connectivity index (χ1n) is 6.77. The second-order valence-corrected chi connectivity index (χ2v) is 4.95. The third-order valence-electron chi connectivity index (χ3n) is 3.68. The summed E-state index contributed by atoms with van der Waals surface area (Å²) in [5.74, 6) is -0.343. The average Bonchev–Trinajstić information content (AvgIpc) is 2.40. The number of piperidine rings is 1. The molecule has 0 N–H and O–H groups in total.